The normalized spacial score (nSPS) is 13.7. The molecular weight excluding hydrogens is 289 g/mol. The largest absolute Gasteiger partial charge is 0.435 e. The van der Waals surface area contributed by atoms with Crippen LogP contribution in [0.2, 0.25) is 0 Å². The standard InChI is InChI=1S/C12H15F3N4S/c1-3-20-7-8(2)17-11-9-6-10(12(13,14)15)18-19(9)5-4-16-11/h4-6,8H,3,7H2,1-2H3,(H,16,17). The molecule has 1 unspecified atom stereocenters. The average Bonchev–Trinajstić information content (AvgIpc) is 2.81. The molecule has 0 saturated heterocycles. The lowest BCUT2D eigenvalue weighted by Crippen LogP contribution is -2.19. The van der Waals surface area contributed by atoms with Crippen LogP contribution in [0.25, 0.3) is 5.52 Å². The summed E-state index contributed by atoms with van der Waals surface area (Å²) in [5.74, 6) is 2.27. The van der Waals surface area contributed by atoms with E-state index in [1.807, 2.05) is 6.92 Å². The maximum Gasteiger partial charge on any atom is 0.435 e. The number of anilines is 1. The van der Waals surface area contributed by atoms with Crippen LogP contribution < -0.4 is 5.32 Å². The van der Waals surface area contributed by atoms with Gasteiger partial charge in [-0.05, 0) is 12.7 Å². The number of thioether (sulfide) groups is 1. The van der Waals surface area contributed by atoms with E-state index < -0.39 is 11.9 Å². The topological polar surface area (TPSA) is 42.2 Å². The van der Waals surface area contributed by atoms with E-state index in [0.717, 1.165) is 17.6 Å². The molecule has 2 aromatic rings. The summed E-state index contributed by atoms with van der Waals surface area (Å²) in [5, 5.41) is 6.64. The molecule has 0 aliphatic heterocycles. The fourth-order valence-corrected chi connectivity index (χ4v) is 2.41. The number of nitrogens with zero attached hydrogens (tertiary/aromatic N) is 3. The summed E-state index contributed by atoms with van der Waals surface area (Å²) in [6.45, 7) is 4.03. The second-order valence-electron chi connectivity index (χ2n) is 4.34. The molecule has 0 aliphatic carbocycles. The van der Waals surface area contributed by atoms with Crippen LogP contribution in [-0.2, 0) is 6.18 Å². The van der Waals surface area contributed by atoms with Crippen molar-refractivity contribution in [2.24, 2.45) is 0 Å². The minimum Gasteiger partial charge on any atom is -0.365 e. The maximum absolute atomic E-state index is 12.7. The highest BCUT2D eigenvalue weighted by Crippen LogP contribution is 2.30. The zero-order valence-electron chi connectivity index (χ0n) is 11.1. The fourth-order valence-electron chi connectivity index (χ4n) is 1.74. The Hall–Kier alpha value is -1.44. The molecule has 20 heavy (non-hydrogen) atoms. The Kier molecular flexibility index (Phi) is 4.42. The zero-order chi connectivity index (χ0) is 14.8. The Morgan fingerprint density at radius 3 is 2.85 bits per heavy atom. The van der Waals surface area contributed by atoms with E-state index in [1.165, 1.54) is 16.9 Å². The van der Waals surface area contributed by atoms with Crippen LogP contribution in [0.15, 0.2) is 18.5 Å². The average molecular weight is 304 g/mol. The van der Waals surface area contributed by atoms with Gasteiger partial charge in [-0.3, -0.25) is 0 Å². The molecule has 0 saturated carbocycles. The third-order valence-electron chi connectivity index (χ3n) is 2.64. The lowest BCUT2D eigenvalue weighted by atomic mass is 10.3. The third-order valence-corrected chi connectivity index (χ3v) is 3.78. The highest BCUT2D eigenvalue weighted by Gasteiger charge is 2.34. The van der Waals surface area contributed by atoms with E-state index in [2.05, 4.69) is 22.3 Å². The predicted molar refractivity (Wildman–Crippen MR) is 74.1 cm³/mol. The molecule has 2 rings (SSSR count). The monoisotopic (exact) mass is 304 g/mol. The molecule has 0 aromatic carbocycles. The molecule has 1 atom stereocenters. The smallest absolute Gasteiger partial charge is 0.365 e. The minimum atomic E-state index is -4.45. The second-order valence-corrected chi connectivity index (χ2v) is 5.66. The van der Waals surface area contributed by atoms with Gasteiger partial charge >= 0.3 is 6.18 Å². The lowest BCUT2D eigenvalue weighted by Gasteiger charge is -2.14. The molecule has 110 valence electrons. The van der Waals surface area contributed by atoms with Gasteiger partial charge < -0.3 is 5.32 Å². The van der Waals surface area contributed by atoms with Crippen molar-refractivity contribution < 1.29 is 13.2 Å². The van der Waals surface area contributed by atoms with E-state index in [-0.39, 0.29) is 6.04 Å². The van der Waals surface area contributed by atoms with Gasteiger partial charge in [0.1, 0.15) is 5.52 Å². The summed E-state index contributed by atoms with van der Waals surface area (Å²) < 4.78 is 39.2. The Morgan fingerprint density at radius 2 is 2.20 bits per heavy atom. The third kappa shape index (κ3) is 3.36. The number of hydrogen-bond acceptors (Lipinski definition) is 4. The molecule has 4 nitrogen and oxygen atoms in total. The summed E-state index contributed by atoms with van der Waals surface area (Å²) in [4.78, 5) is 4.10. The van der Waals surface area contributed by atoms with Gasteiger partial charge in [0.2, 0.25) is 0 Å². The molecular formula is C12H15F3N4S. The van der Waals surface area contributed by atoms with Gasteiger partial charge in [0.15, 0.2) is 11.5 Å². The first-order valence-electron chi connectivity index (χ1n) is 6.17. The van der Waals surface area contributed by atoms with Crippen LogP contribution in [0, 0.1) is 0 Å². The van der Waals surface area contributed by atoms with Gasteiger partial charge in [0, 0.05) is 30.3 Å². The van der Waals surface area contributed by atoms with Crippen LogP contribution in [0.5, 0.6) is 0 Å². The van der Waals surface area contributed by atoms with Crippen LogP contribution in [0.1, 0.15) is 19.5 Å². The highest BCUT2D eigenvalue weighted by molar-refractivity contribution is 7.99. The molecule has 8 heteroatoms. The molecule has 2 aromatic heterocycles. The zero-order valence-corrected chi connectivity index (χ0v) is 11.9. The summed E-state index contributed by atoms with van der Waals surface area (Å²) in [7, 11) is 0. The lowest BCUT2D eigenvalue weighted by molar-refractivity contribution is -0.141. The Morgan fingerprint density at radius 1 is 1.45 bits per heavy atom. The predicted octanol–water partition coefficient (Wildman–Crippen LogP) is 3.30. The molecule has 0 radical (unpaired) electrons. The van der Waals surface area contributed by atoms with Crippen LogP contribution in [0.4, 0.5) is 19.0 Å². The van der Waals surface area contributed by atoms with Crippen molar-refractivity contribution in [3.05, 3.63) is 24.2 Å². The Labute approximate surface area is 118 Å². The number of hydrogen-bond donors (Lipinski definition) is 1. The van der Waals surface area contributed by atoms with Crippen molar-refractivity contribution in [2.75, 3.05) is 16.8 Å². The van der Waals surface area contributed by atoms with Gasteiger partial charge in [-0.1, -0.05) is 6.92 Å². The van der Waals surface area contributed by atoms with Crippen molar-refractivity contribution in [1.29, 1.82) is 0 Å². The van der Waals surface area contributed by atoms with Crippen LogP contribution in [-0.4, -0.2) is 32.1 Å². The SMILES string of the molecule is CCSCC(C)Nc1nccn2nc(C(F)(F)F)cc12. The quantitative estimate of drug-likeness (QED) is 0.920. The van der Waals surface area contributed by atoms with Gasteiger partial charge in [0.05, 0.1) is 0 Å². The van der Waals surface area contributed by atoms with Gasteiger partial charge in [-0.2, -0.15) is 30.0 Å². The number of nitrogens with one attached hydrogen (secondary N) is 1. The first-order valence-corrected chi connectivity index (χ1v) is 7.33. The molecule has 0 fully saturated rings. The summed E-state index contributed by atoms with van der Waals surface area (Å²) in [5.41, 5.74) is -0.586. The first-order chi connectivity index (χ1) is 9.41. The highest BCUT2D eigenvalue weighted by atomic mass is 32.2. The maximum atomic E-state index is 12.7. The van der Waals surface area contributed by atoms with Gasteiger partial charge in [0.25, 0.3) is 0 Å². The van der Waals surface area contributed by atoms with Crippen molar-refractivity contribution in [3.8, 4) is 0 Å². The fraction of sp³-hybridized carbons (Fsp3) is 0.500. The number of halogens is 3. The molecule has 0 amide bonds. The molecule has 2 heterocycles. The van der Waals surface area contributed by atoms with Crippen molar-refractivity contribution in [1.82, 2.24) is 14.6 Å². The number of fused-ring (bicyclic) bond motifs is 1. The molecule has 0 spiro atoms. The Bertz CT molecular complexity index is 582. The van der Waals surface area contributed by atoms with Gasteiger partial charge in [-0.25, -0.2) is 9.50 Å². The number of aromatic nitrogens is 3. The number of alkyl halides is 3. The van der Waals surface area contributed by atoms with Crippen molar-refractivity contribution in [2.45, 2.75) is 26.1 Å². The summed E-state index contributed by atoms with van der Waals surface area (Å²) in [6.07, 6.45) is -1.61. The van der Waals surface area contributed by atoms with E-state index >= 15 is 0 Å². The molecule has 1 N–H and O–H groups in total. The molecule has 0 bridgehead atoms. The van der Waals surface area contributed by atoms with E-state index in [0.29, 0.717) is 11.3 Å². The van der Waals surface area contributed by atoms with Gasteiger partial charge in [-0.15, -0.1) is 0 Å². The summed E-state index contributed by atoms with van der Waals surface area (Å²) in [6, 6.07) is 1.12. The van der Waals surface area contributed by atoms with E-state index in [4.69, 9.17) is 0 Å². The van der Waals surface area contributed by atoms with Crippen LogP contribution >= 0.6 is 11.8 Å². The van der Waals surface area contributed by atoms with E-state index in [1.54, 1.807) is 11.8 Å². The molecule has 0 aliphatic rings. The summed E-state index contributed by atoms with van der Waals surface area (Å²) >= 11 is 1.76. The van der Waals surface area contributed by atoms with E-state index in [9.17, 15) is 13.2 Å². The van der Waals surface area contributed by atoms with Crippen LogP contribution in [0.3, 0.4) is 0 Å². The van der Waals surface area contributed by atoms with Crippen molar-refractivity contribution >= 4 is 23.1 Å². The van der Waals surface area contributed by atoms with Crippen molar-refractivity contribution in [3.63, 3.8) is 0 Å². The minimum absolute atomic E-state index is 0.114. The second kappa shape index (κ2) is 5.90. The number of rotatable bonds is 5. The Balaban J connectivity index is 2.27. The first kappa shape index (κ1) is 15.0.